The lowest BCUT2D eigenvalue weighted by atomic mass is 10.1. The Balaban J connectivity index is 1.80. The average molecular weight is 382 g/mol. The zero-order chi connectivity index (χ0) is 20.1. The highest BCUT2D eigenvalue weighted by Gasteiger charge is 2.13. The number of ether oxygens (including phenoxy) is 2. The van der Waals surface area contributed by atoms with Gasteiger partial charge in [0.05, 0.1) is 23.1 Å². The van der Waals surface area contributed by atoms with Gasteiger partial charge < -0.3 is 18.3 Å². The number of hydrogen-bond donors (Lipinski definition) is 0. The molecule has 0 aliphatic carbocycles. The largest absolute Gasteiger partial charge is 0.488 e. The third-order valence-corrected chi connectivity index (χ3v) is 4.39. The van der Waals surface area contributed by atoms with Gasteiger partial charge in [-0.2, -0.15) is 0 Å². The van der Waals surface area contributed by atoms with E-state index in [2.05, 4.69) is 32.9 Å². The number of furan rings is 1. The van der Waals surface area contributed by atoms with Crippen molar-refractivity contribution in [3.8, 4) is 5.75 Å². The molecule has 5 heteroatoms. The van der Waals surface area contributed by atoms with Crippen LogP contribution >= 0.6 is 0 Å². The molecule has 0 spiro atoms. The van der Waals surface area contributed by atoms with Crippen molar-refractivity contribution in [3.63, 3.8) is 0 Å². The lowest BCUT2D eigenvalue weighted by molar-refractivity contribution is 0.0960. The molecule has 0 saturated heterocycles. The van der Waals surface area contributed by atoms with Gasteiger partial charge >= 0.3 is 5.63 Å². The van der Waals surface area contributed by atoms with E-state index in [0.717, 1.165) is 17.2 Å². The summed E-state index contributed by atoms with van der Waals surface area (Å²) in [4.78, 5) is 11.5. The maximum absolute atomic E-state index is 11.5. The van der Waals surface area contributed by atoms with Crippen molar-refractivity contribution in [2.45, 2.75) is 40.2 Å². The van der Waals surface area contributed by atoms with Crippen molar-refractivity contribution in [1.82, 2.24) is 0 Å². The first-order chi connectivity index (χ1) is 13.5. The highest BCUT2D eigenvalue weighted by molar-refractivity contribution is 6.01. The molecule has 0 bridgehead atoms. The molecular weight excluding hydrogens is 356 g/mol. The van der Waals surface area contributed by atoms with Gasteiger partial charge in [-0.25, -0.2) is 4.79 Å². The first-order valence-electron chi connectivity index (χ1n) is 9.47. The highest BCUT2D eigenvalue weighted by atomic mass is 16.5. The second kappa shape index (κ2) is 8.93. The van der Waals surface area contributed by atoms with Gasteiger partial charge in [0, 0.05) is 18.7 Å². The van der Waals surface area contributed by atoms with Crippen LogP contribution < -0.4 is 10.4 Å². The van der Waals surface area contributed by atoms with E-state index in [9.17, 15) is 4.79 Å². The van der Waals surface area contributed by atoms with Crippen LogP contribution in [0.15, 0.2) is 67.5 Å². The van der Waals surface area contributed by atoms with Crippen LogP contribution in [0.4, 0.5) is 0 Å². The van der Waals surface area contributed by atoms with E-state index in [1.54, 1.807) is 18.4 Å². The molecule has 28 heavy (non-hydrogen) atoms. The maximum atomic E-state index is 11.5. The summed E-state index contributed by atoms with van der Waals surface area (Å²) in [5.41, 5.74) is 3.10. The third-order valence-electron chi connectivity index (χ3n) is 4.39. The van der Waals surface area contributed by atoms with Crippen LogP contribution in [0.1, 0.15) is 34.1 Å². The Morgan fingerprint density at radius 2 is 1.93 bits per heavy atom. The van der Waals surface area contributed by atoms with Crippen LogP contribution in [-0.4, -0.2) is 19.3 Å². The second-order valence-electron chi connectivity index (χ2n) is 7.01. The molecule has 5 nitrogen and oxygen atoms in total. The summed E-state index contributed by atoms with van der Waals surface area (Å²) in [7, 11) is 0. The van der Waals surface area contributed by atoms with Gasteiger partial charge in [-0.15, -0.1) is 0 Å². The quantitative estimate of drug-likeness (QED) is 0.373. The molecule has 1 aromatic carbocycles. The standard InChI is InChI=1S/C23H26O5/c1-5-25-17(12-15(2)3)13-16(4)8-10-27-23-18-6-7-22(24)28-21(18)14-20-19(23)9-11-26-20/h6-9,11-12,14,17H,5,10,13H2,1-4H3/b16-8+/t17-/m1/s1. The number of hydrogen-bond acceptors (Lipinski definition) is 5. The minimum Gasteiger partial charge on any atom is -0.488 e. The SMILES string of the molecule is CCO[C@H](C=C(C)C)C/C(C)=C/COc1c2ccoc2cc2oc(=O)ccc12. The molecule has 2 aromatic heterocycles. The van der Waals surface area contributed by atoms with E-state index in [-0.39, 0.29) is 6.10 Å². The summed E-state index contributed by atoms with van der Waals surface area (Å²) >= 11 is 0. The number of fused-ring (bicyclic) bond motifs is 2. The van der Waals surface area contributed by atoms with E-state index < -0.39 is 5.63 Å². The summed E-state index contributed by atoms with van der Waals surface area (Å²) in [6.07, 6.45) is 6.67. The molecule has 1 atom stereocenters. The Morgan fingerprint density at radius 1 is 1.14 bits per heavy atom. The van der Waals surface area contributed by atoms with Gasteiger partial charge in [0.2, 0.25) is 0 Å². The van der Waals surface area contributed by atoms with Gasteiger partial charge in [0.25, 0.3) is 0 Å². The molecule has 0 aliphatic heterocycles. The Labute approximate surface area is 164 Å². The third kappa shape index (κ3) is 4.73. The number of benzene rings is 1. The summed E-state index contributed by atoms with van der Waals surface area (Å²) in [6.45, 7) is 9.30. The topological polar surface area (TPSA) is 61.8 Å². The monoisotopic (exact) mass is 382 g/mol. The van der Waals surface area contributed by atoms with Gasteiger partial charge in [-0.1, -0.05) is 17.2 Å². The molecule has 148 valence electrons. The highest BCUT2D eigenvalue weighted by Crippen LogP contribution is 2.35. The van der Waals surface area contributed by atoms with E-state index in [1.807, 2.05) is 13.0 Å². The molecule has 3 rings (SSSR count). The van der Waals surface area contributed by atoms with Gasteiger partial charge in [-0.05, 0) is 52.3 Å². The van der Waals surface area contributed by atoms with Crippen LogP contribution in [0, 0.1) is 0 Å². The first-order valence-corrected chi connectivity index (χ1v) is 9.47. The lowest BCUT2D eigenvalue weighted by Gasteiger charge is -2.14. The molecule has 0 saturated carbocycles. The number of rotatable bonds is 8. The van der Waals surface area contributed by atoms with Gasteiger partial charge in [0.15, 0.2) is 0 Å². The van der Waals surface area contributed by atoms with Crippen LogP contribution in [-0.2, 0) is 4.74 Å². The molecule has 0 N–H and O–H groups in total. The van der Waals surface area contributed by atoms with Crippen molar-refractivity contribution in [1.29, 1.82) is 0 Å². The molecule has 0 amide bonds. The fourth-order valence-electron chi connectivity index (χ4n) is 3.19. The summed E-state index contributed by atoms with van der Waals surface area (Å²) < 4.78 is 22.6. The molecular formula is C23H26O5. The van der Waals surface area contributed by atoms with Crippen LogP contribution in [0.3, 0.4) is 0 Å². The summed E-state index contributed by atoms with van der Waals surface area (Å²) in [5, 5.41) is 1.60. The second-order valence-corrected chi connectivity index (χ2v) is 7.01. The molecule has 3 aromatic rings. The van der Waals surface area contributed by atoms with Crippen molar-refractivity contribution in [3.05, 3.63) is 64.2 Å². The Bertz CT molecular complexity index is 1060. The molecule has 0 fully saturated rings. The van der Waals surface area contributed by atoms with E-state index in [4.69, 9.17) is 18.3 Å². The fourth-order valence-corrected chi connectivity index (χ4v) is 3.19. The summed E-state index contributed by atoms with van der Waals surface area (Å²) in [5.74, 6) is 0.653. The Kier molecular flexibility index (Phi) is 6.37. The van der Waals surface area contributed by atoms with Crippen LogP contribution in [0.25, 0.3) is 21.9 Å². The van der Waals surface area contributed by atoms with Crippen molar-refractivity contribution < 1.29 is 18.3 Å². The first kappa shape index (κ1) is 20.0. The zero-order valence-corrected chi connectivity index (χ0v) is 16.8. The van der Waals surface area contributed by atoms with E-state index in [1.165, 1.54) is 17.2 Å². The predicted molar refractivity (Wildman–Crippen MR) is 111 cm³/mol. The molecule has 0 aliphatic rings. The van der Waals surface area contributed by atoms with Gasteiger partial charge in [-0.3, -0.25) is 0 Å². The van der Waals surface area contributed by atoms with Crippen molar-refractivity contribution in [2.75, 3.05) is 13.2 Å². The average Bonchev–Trinajstić information content (AvgIpc) is 3.08. The normalized spacial score (nSPS) is 13.1. The van der Waals surface area contributed by atoms with Crippen molar-refractivity contribution in [2.24, 2.45) is 0 Å². The van der Waals surface area contributed by atoms with Crippen LogP contribution in [0.5, 0.6) is 5.75 Å². The fraction of sp³-hybridized carbons (Fsp3) is 0.348. The smallest absolute Gasteiger partial charge is 0.336 e. The minimum atomic E-state index is -0.402. The maximum Gasteiger partial charge on any atom is 0.336 e. The number of allylic oxidation sites excluding steroid dienone is 1. The lowest BCUT2D eigenvalue weighted by Crippen LogP contribution is -2.11. The Hall–Kier alpha value is -2.79. The van der Waals surface area contributed by atoms with Crippen LogP contribution in [0.2, 0.25) is 0 Å². The van der Waals surface area contributed by atoms with Crippen molar-refractivity contribution >= 4 is 21.9 Å². The minimum absolute atomic E-state index is 0.0682. The Morgan fingerprint density at radius 3 is 2.68 bits per heavy atom. The van der Waals surface area contributed by atoms with Gasteiger partial charge in [0.1, 0.15) is 23.5 Å². The molecule has 2 heterocycles. The zero-order valence-electron chi connectivity index (χ0n) is 16.8. The predicted octanol–water partition coefficient (Wildman–Crippen LogP) is 5.63. The molecule has 0 unspecified atom stereocenters. The van der Waals surface area contributed by atoms with E-state index >= 15 is 0 Å². The summed E-state index contributed by atoms with van der Waals surface area (Å²) in [6, 6.07) is 6.69. The van der Waals surface area contributed by atoms with E-state index in [0.29, 0.717) is 30.1 Å². The molecule has 0 radical (unpaired) electrons.